The van der Waals surface area contributed by atoms with Crippen LogP contribution in [-0.2, 0) is 21.2 Å². The van der Waals surface area contributed by atoms with Crippen LogP contribution in [0.15, 0.2) is 47.4 Å². The highest BCUT2D eigenvalue weighted by atomic mass is 32.2. The van der Waals surface area contributed by atoms with Gasteiger partial charge in [-0.1, -0.05) is 19.1 Å². The maximum absolute atomic E-state index is 13.9. The third-order valence-electron chi connectivity index (χ3n) is 4.87. The number of rotatable bonds is 5. The lowest BCUT2D eigenvalue weighted by Crippen LogP contribution is -2.10. The Balaban J connectivity index is 2.16. The zero-order valence-electron chi connectivity index (χ0n) is 15.2. The summed E-state index contributed by atoms with van der Waals surface area (Å²) in [6.07, 6.45) is 1.15. The minimum atomic E-state index is -3.29. The van der Waals surface area contributed by atoms with Crippen LogP contribution in [0.2, 0.25) is 0 Å². The molecule has 0 aliphatic rings. The van der Waals surface area contributed by atoms with E-state index in [-0.39, 0.29) is 17.4 Å². The van der Waals surface area contributed by atoms with Crippen molar-refractivity contribution in [1.29, 1.82) is 0 Å². The van der Waals surface area contributed by atoms with Gasteiger partial charge in [-0.3, -0.25) is 4.79 Å². The number of halogens is 1. The molecule has 2 aromatic carbocycles. The van der Waals surface area contributed by atoms with Crippen molar-refractivity contribution in [2.45, 2.75) is 31.2 Å². The molecule has 142 valence electrons. The van der Waals surface area contributed by atoms with Gasteiger partial charge >= 0.3 is 5.97 Å². The average Bonchev–Trinajstić information content (AvgIpc) is 2.84. The Morgan fingerprint density at radius 1 is 1.19 bits per heavy atom. The molecule has 0 aliphatic carbocycles. The van der Waals surface area contributed by atoms with E-state index in [9.17, 15) is 22.7 Å². The summed E-state index contributed by atoms with van der Waals surface area (Å²) in [6.45, 7) is 3.54. The molecule has 1 atom stereocenters. The molecule has 1 N–H and O–H groups in total. The van der Waals surface area contributed by atoms with Gasteiger partial charge in [0, 0.05) is 28.8 Å². The maximum atomic E-state index is 13.9. The normalized spacial score (nSPS) is 13.0. The van der Waals surface area contributed by atoms with E-state index in [0.29, 0.717) is 10.9 Å². The fraction of sp³-hybridized carbons (Fsp3) is 0.250. The van der Waals surface area contributed by atoms with Crippen molar-refractivity contribution in [2.75, 3.05) is 6.26 Å². The molecule has 0 saturated heterocycles. The number of hydrogen-bond donors (Lipinski definition) is 1. The molecule has 1 aromatic heterocycles. The summed E-state index contributed by atoms with van der Waals surface area (Å²) in [5.41, 5.74) is 3.10. The van der Waals surface area contributed by atoms with Gasteiger partial charge in [-0.15, -0.1) is 0 Å². The first kappa shape index (κ1) is 19.1. The van der Waals surface area contributed by atoms with Gasteiger partial charge in [-0.05, 0) is 48.4 Å². The Morgan fingerprint density at radius 2 is 1.81 bits per heavy atom. The highest BCUT2D eigenvalue weighted by Crippen LogP contribution is 2.36. The Morgan fingerprint density at radius 3 is 2.37 bits per heavy atom. The zero-order valence-corrected chi connectivity index (χ0v) is 16.0. The number of aliphatic carboxylic acids is 1. The largest absolute Gasteiger partial charge is 0.480 e. The van der Waals surface area contributed by atoms with Gasteiger partial charge in [0.25, 0.3) is 0 Å². The molecule has 1 heterocycles. The monoisotopic (exact) mass is 389 g/mol. The number of hydrogen-bond acceptors (Lipinski definition) is 3. The first-order chi connectivity index (χ1) is 12.6. The number of carboxylic acids is 1. The number of nitrogens with zero attached hydrogens (tertiary/aromatic N) is 1. The lowest BCUT2D eigenvalue weighted by molar-refractivity contribution is -0.137. The summed E-state index contributed by atoms with van der Waals surface area (Å²) in [4.78, 5) is 11.5. The number of sulfone groups is 1. The fourth-order valence-electron chi connectivity index (χ4n) is 3.54. The van der Waals surface area contributed by atoms with Gasteiger partial charge in [0.15, 0.2) is 9.84 Å². The van der Waals surface area contributed by atoms with Crippen LogP contribution >= 0.6 is 0 Å². The van der Waals surface area contributed by atoms with E-state index in [1.807, 2.05) is 13.8 Å². The predicted molar refractivity (Wildman–Crippen MR) is 101 cm³/mol. The van der Waals surface area contributed by atoms with Gasteiger partial charge in [-0.2, -0.15) is 0 Å². The van der Waals surface area contributed by atoms with E-state index >= 15 is 0 Å². The first-order valence-corrected chi connectivity index (χ1v) is 10.3. The van der Waals surface area contributed by atoms with Crippen molar-refractivity contribution in [3.05, 3.63) is 65.1 Å². The van der Waals surface area contributed by atoms with E-state index in [0.717, 1.165) is 23.1 Å². The smallest absolute Gasteiger partial charge is 0.323 e. The van der Waals surface area contributed by atoms with Crippen molar-refractivity contribution in [3.63, 3.8) is 0 Å². The van der Waals surface area contributed by atoms with Crippen LogP contribution in [0.4, 0.5) is 4.39 Å². The van der Waals surface area contributed by atoms with Gasteiger partial charge in [0.2, 0.25) is 0 Å². The number of fused-ring (bicyclic) bond motifs is 1. The number of carboxylic acid groups (broad SMARTS) is 1. The zero-order chi connectivity index (χ0) is 19.9. The Labute approximate surface area is 157 Å². The van der Waals surface area contributed by atoms with Gasteiger partial charge in [0.1, 0.15) is 12.4 Å². The number of carbonyl (C=O) groups is 1. The molecule has 0 radical (unpaired) electrons. The highest BCUT2D eigenvalue weighted by molar-refractivity contribution is 7.90. The molecule has 5 nitrogen and oxygen atoms in total. The van der Waals surface area contributed by atoms with E-state index in [1.165, 1.54) is 12.1 Å². The summed E-state index contributed by atoms with van der Waals surface area (Å²) < 4.78 is 38.9. The van der Waals surface area contributed by atoms with Crippen LogP contribution in [0.1, 0.15) is 29.7 Å². The molecule has 0 aliphatic heterocycles. The fourth-order valence-corrected chi connectivity index (χ4v) is 4.17. The summed E-state index contributed by atoms with van der Waals surface area (Å²) in [5, 5.41) is 9.89. The molecule has 0 amide bonds. The average molecular weight is 389 g/mol. The van der Waals surface area contributed by atoms with Crippen LogP contribution in [0, 0.1) is 12.7 Å². The van der Waals surface area contributed by atoms with Crippen LogP contribution in [0.5, 0.6) is 0 Å². The molecular weight excluding hydrogens is 369 g/mol. The summed E-state index contributed by atoms with van der Waals surface area (Å²) in [7, 11) is -3.29. The number of benzene rings is 2. The van der Waals surface area contributed by atoms with Crippen molar-refractivity contribution in [3.8, 4) is 0 Å². The quantitative estimate of drug-likeness (QED) is 0.721. The SMILES string of the molecule is Cc1c(C(C)c2ccc(S(C)(=O)=O)cc2)c2cc(F)ccc2n1CC(=O)O. The van der Waals surface area contributed by atoms with Crippen molar-refractivity contribution in [2.24, 2.45) is 0 Å². The molecule has 0 fully saturated rings. The van der Waals surface area contributed by atoms with E-state index in [2.05, 4.69) is 0 Å². The highest BCUT2D eigenvalue weighted by Gasteiger charge is 2.22. The van der Waals surface area contributed by atoms with Gasteiger partial charge in [-0.25, -0.2) is 12.8 Å². The molecule has 27 heavy (non-hydrogen) atoms. The van der Waals surface area contributed by atoms with Crippen molar-refractivity contribution in [1.82, 2.24) is 4.57 Å². The second kappa shape index (κ2) is 6.81. The number of aromatic nitrogens is 1. The second-order valence-corrected chi connectivity index (χ2v) is 8.72. The molecule has 0 saturated carbocycles. The van der Waals surface area contributed by atoms with Crippen molar-refractivity contribution < 1.29 is 22.7 Å². The summed E-state index contributed by atoms with van der Waals surface area (Å²) in [6, 6.07) is 10.9. The minimum Gasteiger partial charge on any atom is -0.480 e. The van der Waals surface area contributed by atoms with Crippen LogP contribution < -0.4 is 0 Å². The second-order valence-electron chi connectivity index (χ2n) is 6.70. The van der Waals surface area contributed by atoms with Crippen LogP contribution in [-0.4, -0.2) is 30.3 Å². The predicted octanol–water partition coefficient (Wildman–Crippen LogP) is 3.73. The van der Waals surface area contributed by atoms with E-state index < -0.39 is 21.6 Å². The van der Waals surface area contributed by atoms with Crippen LogP contribution in [0.25, 0.3) is 10.9 Å². The van der Waals surface area contributed by atoms with E-state index in [4.69, 9.17) is 0 Å². The van der Waals surface area contributed by atoms with E-state index in [1.54, 1.807) is 34.9 Å². The van der Waals surface area contributed by atoms with Gasteiger partial charge < -0.3 is 9.67 Å². The van der Waals surface area contributed by atoms with Crippen molar-refractivity contribution >= 4 is 26.7 Å². The molecule has 0 bridgehead atoms. The molecule has 0 spiro atoms. The van der Waals surface area contributed by atoms with Gasteiger partial charge in [0.05, 0.1) is 4.90 Å². The first-order valence-electron chi connectivity index (χ1n) is 8.39. The maximum Gasteiger partial charge on any atom is 0.323 e. The molecule has 3 rings (SSSR count). The lowest BCUT2D eigenvalue weighted by Gasteiger charge is -2.14. The third-order valence-corrected chi connectivity index (χ3v) is 6.00. The summed E-state index contributed by atoms with van der Waals surface area (Å²) >= 11 is 0. The standard InChI is InChI=1S/C20H20FNO4S/c1-12(14-4-7-16(8-5-14)27(3,25)26)20-13(2)22(11-19(23)24)18-9-6-15(21)10-17(18)20/h4-10,12H,11H2,1-3H3,(H,23,24). The Kier molecular flexibility index (Phi) is 4.82. The molecule has 1 unspecified atom stereocenters. The molecule has 3 aromatic rings. The lowest BCUT2D eigenvalue weighted by atomic mass is 9.91. The molecule has 7 heteroatoms. The topological polar surface area (TPSA) is 76.4 Å². The Hall–Kier alpha value is -2.67. The molecular formula is C20H20FNO4S. The third kappa shape index (κ3) is 3.60. The minimum absolute atomic E-state index is 0.169. The summed E-state index contributed by atoms with van der Waals surface area (Å²) in [5.74, 6) is -1.54. The Bertz CT molecular complexity index is 1130. The van der Waals surface area contributed by atoms with Crippen LogP contribution in [0.3, 0.4) is 0 Å².